The normalized spacial score (nSPS) is 24.9. The minimum atomic E-state index is -0.634. The first kappa shape index (κ1) is 13.5. The van der Waals surface area contributed by atoms with E-state index in [2.05, 4.69) is 5.32 Å². The number of hydrogen-bond acceptors (Lipinski definition) is 5. The second kappa shape index (κ2) is 4.97. The van der Waals surface area contributed by atoms with Gasteiger partial charge in [-0.3, -0.25) is 9.63 Å². The fourth-order valence-electron chi connectivity index (χ4n) is 1.64. The molecule has 0 aromatic rings. The van der Waals surface area contributed by atoms with Crippen molar-refractivity contribution in [3.8, 4) is 0 Å². The Kier molecular flexibility index (Phi) is 3.72. The number of nitrogens with zero attached hydrogens (tertiary/aromatic N) is 1. The maximum absolute atomic E-state index is 12.0. The first-order valence-electron chi connectivity index (χ1n) is 5.90. The van der Waals surface area contributed by atoms with Gasteiger partial charge in [-0.25, -0.2) is 9.86 Å². The highest BCUT2D eigenvalue weighted by Crippen LogP contribution is 2.26. The number of thioether (sulfide) groups is 1. The Morgan fingerprint density at radius 1 is 1.50 bits per heavy atom. The van der Waals surface area contributed by atoms with Crippen LogP contribution >= 0.6 is 11.8 Å². The molecule has 2 aliphatic heterocycles. The molecule has 1 atom stereocenters. The van der Waals surface area contributed by atoms with Gasteiger partial charge in [0, 0.05) is 11.5 Å². The zero-order valence-corrected chi connectivity index (χ0v) is 11.6. The van der Waals surface area contributed by atoms with Crippen molar-refractivity contribution in [2.24, 2.45) is 0 Å². The van der Waals surface area contributed by atoms with Gasteiger partial charge in [-0.1, -0.05) is 0 Å². The summed E-state index contributed by atoms with van der Waals surface area (Å²) in [5.74, 6) is 1.60. The van der Waals surface area contributed by atoms with Crippen molar-refractivity contribution in [3.63, 3.8) is 0 Å². The van der Waals surface area contributed by atoms with Gasteiger partial charge in [-0.2, -0.15) is 11.8 Å². The third kappa shape index (κ3) is 3.08. The Labute approximate surface area is 110 Å². The maximum Gasteiger partial charge on any atom is 0.408 e. The summed E-state index contributed by atoms with van der Waals surface area (Å²) in [5.41, 5.74) is -0.573. The van der Waals surface area contributed by atoms with Crippen LogP contribution in [0.2, 0.25) is 0 Å². The lowest BCUT2D eigenvalue weighted by Gasteiger charge is -2.32. The van der Waals surface area contributed by atoms with Gasteiger partial charge < -0.3 is 10.1 Å². The molecule has 2 amide bonds. The summed E-state index contributed by atoms with van der Waals surface area (Å²) in [4.78, 5) is 28.8. The average molecular weight is 274 g/mol. The molecule has 2 rings (SSSR count). The van der Waals surface area contributed by atoms with E-state index in [1.807, 2.05) is 0 Å². The van der Waals surface area contributed by atoms with Crippen LogP contribution < -0.4 is 5.32 Å². The predicted molar refractivity (Wildman–Crippen MR) is 67.1 cm³/mol. The summed E-state index contributed by atoms with van der Waals surface area (Å²) < 4.78 is 5.10. The predicted octanol–water partition coefficient (Wildman–Crippen LogP) is 0.769. The van der Waals surface area contributed by atoms with E-state index in [0.29, 0.717) is 0 Å². The van der Waals surface area contributed by atoms with Gasteiger partial charge >= 0.3 is 6.09 Å². The average Bonchev–Trinajstić information content (AvgIpc) is 2.44. The Morgan fingerprint density at radius 2 is 2.17 bits per heavy atom. The third-order valence-electron chi connectivity index (χ3n) is 2.54. The van der Waals surface area contributed by atoms with Crippen molar-refractivity contribution in [3.05, 3.63) is 0 Å². The van der Waals surface area contributed by atoms with Crippen LogP contribution in [0.5, 0.6) is 0 Å². The number of carbonyl (C=O) groups excluding carboxylic acids is 2. The summed E-state index contributed by atoms with van der Waals surface area (Å²) in [6.45, 7) is 5.51. The van der Waals surface area contributed by atoms with Crippen LogP contribution in [0.4, 0.5) is 4.79 Å². The molecule has 0 aromatic carbocycles. The number of carbonyl (C=O) groups is 2. The lowest BCUT2D eigenvalue weighted by molar-refractivity contribution is -0.170. The van der Waals surface area contributed by atoms with Crippen molar-refractivity contribution in [1.29, 1.82) is 0 Å². The van der Waals surface area contributed by atoms with E-state index in [0.717, 1.165) is 11.5 Å². The molecule has 0 spiro atoms. The molecule has 102 valence electrons. The van der Waals surface area contributed by atoms with Crippen molar-refractivity contribution in [1.82, 2.24) is 10.4 Å². The van der Waals surface area contributed by atoms with E-state index >= 15 is 0 Å². The van der Waals surface area contributed by atoms with Crippen LogP contribution in [0.15, 0.2) is 0 Å². The molecule has 0 bridgehead atoms. The van der Waals surface area contributed by atoms with E-state index < -0.39 is 17.7 Å². The molecule has 7 heteroatoms. The van der Waals surface area contributed by atoms with Gasteiger partial charge in [0.05, 0.1) is 6.04 Å². The minimum Gasteiger partial charge on any atom is -0.444 e. The van der Waals surface area contributed by atoms with Gasteiger partial charge in [0.15, 0.2) is 0 Å². The highest BCUT2D eigenvalue weighted by molar-refractivity contribution is 8.00. The van der Waals surface area contributed by atoms with Crippen LogP contribution in [-0.2, 0) is 14.4 Å². The molecule has 18 heavy (non-hydrogen) atoms. The first-order valence-corrected chi connectivity index (χ1v) is 7.05. The third-order valence-corrected chi connectivity index (χ3v) is 3.78. The first-order chi connectivity index (χ1) is 8.37. The molecule has 2 fully saturated rings. The molecule has 2 saturated heterocycles. The smallest absolute Gasteiger partial charge is 0.408 e. The van der Waals surface area contributed by atoms with E-state index in [9.17, 15) is 9.59 Å². The van der Waals surface area contributed by atoms with E-state index in [4.69, 9.17) is 9.57 Å². The molecule has 0 aliphatic carbocycles. The van der Waals surface area contributed by atoms with Crippen LogP contribution in [0.25, 0.3) is 0 Å². The lowest BCUT2D eigenvalue weighted by Crippen LogP contribution is -2.49. The number of ether oxygens (including phenoxy) is 1. The van der Waals surface area contributed by atoms with Gasteiger partial charge in [0.1, 0.15) is 18.2 Å². The van der Waals surface area contributed by atoms with Gasteiger partial charge in [-0.15, -0.1) is 0 Å². The molecule has 2 aliphatic rings. The zero-order valence-electron chi connectivity index (χ0n) is 10.8. The molecule has 6 nitrogen and oxygen atoms in total. The highest BCUT2D eigenvalue weighted by Gasteiger charge is 2.41. The maximum atomic E-state index is 12.0. The molecule has 0 saturated carbocycles. The quantitative estimate of drug-likeness (QED) is 0.805. The second-order valence-corrected chi connectivity index (χ2v) is 6.42. The largest absolute Gasteiger partial charge is 0.444 e. The molecule has 0 radical (unpaired) electrons. The number of rotatable bonds is 2. The highest BCUT2D eigenvalue weighted by atomic mass is 32.2. The van der Waals surface area contributed by atoms with Crippen molar-refractivity contribution in [2.75, 3.05) is 18.1 Å². The van der Waals surface area contributed by atoms with E-state index in [-0.39, 0.29) is 18.6 Å². The van der Waals surface area contributed by atoms with Crippen LogP contribution in [0.3, 0.4) is 0 Å². The Bertz CT molecular complexity index is 351. The molecular weight excluding hydrogens is 256 g/mol. The van der Waals surface area contributed by atoms with Crippen molar-refractivity contribution in [2.45, 2.75) is 38.5 Å². The fourth-order valence-corrected chi connectivity index (χ4v) is 2.36. The molecule has 2 heterocycles. The lowest BCUT2D eigenvalue weighted by atomic mass is 10.2. The monoisotopic (exact) mass is 274 g/mol. The summed E-state index contributed by atoms with van der Waals surface area (Å²) in [6, 6.07) is -0.488. The number of hydroxylamine groups is 2. The van der Waals surface area contributed by atoms with Gasteiger partial charge in [-0.05, 0) is 20.8 Å². The number of nitrogens with one attached hydrogen (secondary N) is 1. The molecule has 0 aromatic heterocycles. The van der Waals surface area contributed by atoms with Gasteiger partial charge in [0.25, 0.3) is 5.91 Å². The number of hydrogen-bond donors (Lipinski definition) is 1. The molecule has 1 N–H and O–H groups in total. The summed E-state index contributed by atoms with van der Waals surface area (Å²) in [6.07, 6.45) is -0.589. The summed E-state index contributed by atoms with van der Waals surface area (Å²) in [7, 11) is 0. The van der Waals surface area contributed by atoms with Crippen LogP contribution in [0, 0.1) is 0 Å². The number of alkyl carbamates (subject to hydrolysis) is 1. The topological polar surface area (TPSA) is 67.9 Å². The van der Waals surface area contributed by atoms with Crippen LogP contribution in [0.1, 0.15) is 20.8 Å². The number of amides is 2. The Hall–Kier alpha value is -0.950. The zero-order chi connectivity index (χ0) is 13.3. The summed E-state index contributed by atoms with van der Waals surface area (Å²) in [5, 5.41) is 3.92. The SMILES string of the molecule is CC(C)(C)OC(=O)N[C@@H]1CON(C2CSC2)C1=O. The van der Waals surface area contributed by atoms with E-state index in [1.54, 1.807) is 32.5 Å². The molecular formula is C11H18N2O4S. The molecule has 0 unspecified atom stereocenters. The Balaban J connectivity index is 1.84. The van der Waals surface area contributed by atoms with Crippen molar-refractivity contribution < 1.29 is 19.2 Å². The summed E-state index contributed by atoms with van der Waals surface area (Å²) >= 11 is 1.77. The van der Waals surface area contributed by atoms with E-state index in [1.165, 1.54) is 5.06 Å². The fraction of sp³-hybridized carbons (Fsp3) is 0.818. The minimum absolute atomic E-state index is 0.146. The Morgan fingerprint density at radius 3 is 2.67 bits per heavy atom. The standard InChI is InChI=1S/C11H18N2O4S/c1-11(2,3)17-10(15)12-8-4-16-13(9(8)14)7-5-18-6-7/h7-8H,4-6H2,1-3H3,(H,12,15)/t8-/m1/s1. The van der Waals surface area contributed by atoms with Crippen molar-refractivity contribution >= 4 is 23.8 Å². The van der Waals surface area contributed by atoms with Gasteiger partial charge in [0.2, 0.25) is 0 Å². The van der Waals surface area contributed by atoms with Crippen LogP contribution in [-0.4, -0.2) is 52.9 Å². The second-order valence-electron chi connectivity index (χ2n) is 5.35.